The van der Waals surface area contributed by atoms with Crippen molar-refractivity contribution in [1.82, 2.24) is 29.3 Å². The number of fused-ring (bicyclic) bond motifs is 1. The number of anilines is 3. The molecule has 40 heavy (non-hydrogen) atoms. The van der Waals surface area contributed by atoms with Gasteiger partial charge in [0.25, 0.3) is 0 Å². The molecule has 0 spiro atoms. The van der Waals surface area contributed by atoms with E-state index in [9.17, 15) is 5.11 Å². The lowest BCUT2D eigenvalue weighted by Crippen LogP contribution is -2.33. The molecule has 12 nitrogen and oxygen atoms in total. The minimum absolute atomic E-state index is 0.0274. The molecule has 4 heterocycles. The molecule has 2 fully saturated rings. The molecule has 2 aliphatic rings. The van der Waals surface area contributed by atoms with Crippen LogP contribution in [0.25, 0.3) is 16.7 Å². The van der Waals surface area contributed by atoms with Gasteiger partial charge in [-0.1, -0.05) is 6.42 Å². The van der Waals surface area contributed by atoms with Crippen molar-refractivity contribution in [2.75, 3.05) is 44.7 Å². The maximum atomic E-state index is 10.1. The monoisotopic (exact) mass is 548 g/mol. The number of nitrogens with zero attached hydrogens (tertiary/aromatic N) is 7. The summed E-state index contributed by atoms with van der Waals surface area (Å²) in [7, 11) is 4.76. The Kier molecular flexibility index (Phi) is 7.09. The maximum absolute atomic E-state index is 10.1. The molecule has 4 aromatic rings. The molecule has 1 aromatic carbocycles. The van der Waals surface area contributed by atoms with E-state index >= 15 is 0 Å². The zero-order valence-corrected chi connectivity index (χ0v) is 23.4. The average Bonchev–Trinajstić information content (AvgIpc) is 3.68. The van der Waals surface area contributed by atoms with E-state index in [4.69, 9.17) is 29.3 Å². The summed E-state index contributed by atoms with van der Waals surface area (Å²) in [6, 6.07) is 3.74. The summed E-state index contributed by atoms with van der Waals surface area (Å²) in [5.74, 6) is 4.10. The Balaban J connectivity index is 1.37. The highest BCUT2D eigenvalue weighted by molar-refractivity contribution is 5.91. The van der Waals surface area contributed by atoms with E-state index in [1.54, 1.807) is 27.7 Å². The standard InChI is InChI=1S/C28H36N8O4/c1-17-24-26(35-10-6-9-19(35)15-37)31-28(32-27(24)36(33-17)13-18-7-5-8-18)30-23-14-34(16-29-23)20-11-21(38-2)25(40-4)22(12-20)39-3/h11-12,14,16,18-19,37H,5-10,13,15H2,1-4H3,(H,30,31,32)/t19-/m0/s1. The third-order valence-corrected chi connectivity index (χ3v) is 8.03. The maximum Gasteiger partial charge on any atom is 0.232 e. The average molecular weight is 549 g/mol. The zero-order valence-electron chi connectivity index (χ0n) is 23.4. The van der Waals surface area contributed by atoms with Crippen molar-refractivity contribution in [2.24, 2.45) is 5.92 Å². The lowest BCUT2D eigenvalue weighted by Gasteiger charge is -2.26. The molecule has 1 aliphatic heterocycles. The van der Waals surface area contributed by atoms with Crippen molar-refractivity contribution in [1.29, 1.82) is 0 Å². The van der Waals surface area contributed by atoms with Crippen LogP contribution < -0.4 is 24.4 Å². The van der Waals surface area contributed by atoms with Gasteiger partial charge in [-0.3, -0.25) is 0 Å². The first-order chi connectivity index (χ1) is 19.5. The fourth-order valence-electron chi connectivity index (χ4n) is 5.70. The number of imidazole rings is 1. The lowest BCUT2D eigenvalue weighted by molar-refractivity contribution is 0.266. The molecule has 0 amide bonds. The van der Waals surface area contributed by atoms with Crippen LogP contribution in [-0.2, 0) is 6.54 Å². The van der Waals surface area contributed by atoms with Crippen LogP contribution in [0.5, 0.6) is 17.2 Å². The molecule has 3 aromatic heterocycles. The molecule has 12 heteroatoms. The second-order valence-electron chi connectivity index (χ2n) is 10.5. The Morgan fingerprint density at radius 3 is 2.45 bits per heavy atom. The SMILES string of the molecule is COc1cc(-n2cnc(Nc3nc(N4CCC[C@H]4CO)c4c(C)nn(CC5CCC5)c4n3)c2)cc(OC)c1OC. The molecule has 1 saturated carbocycles. The molecule has 1 saturated heterocycles. The highest BCUT2D eigenvalue weighted by Gasteiger charge is 2.30. The summed E-state index contributed by atoms with van der Waals surface area (Å²) in [5, 5.41) is 19.2. The molecule has 0 unspecified atom stereocenters. The van der Waals surface area contributed by atoms with Gasteiger partial charge in [-0.25, -0.2) is 9.67 Å². The third-order valence-electron chi connectivity index (χ3n) is 8.03. The van der Waals surface area contributed by atoms with Crippen LogP contribution >= 0.6 is 0 Å². The lowest BCUT2D eigenvalue weighted by atomic mass is 9.85. The van der Waals surface area contributed by atoms with Gasteiger partial charge in [0, 0.05) is 25.2 Å². The highest BCUT2D eigenvalue weighted by Crippen LogP contribution is 2.40. The number of benzene rings is 1. The summed E-state index contributed by atoms with van der Waals surface area (Å²) in [6.07, 6.45) is 9.22. The quantitative estimate of drug-likeness (QED) is 0.302. The molecule has 0 bridgehead atoms. The van der Waals surface area contributed by atoms with Crippen molar-refractivity contribution < 1.29 is 19.3 Å². The van der Waals surface area contributed by atoms with Crippen LogP contribution in [0.4, 0.5) is 17.6 Å². The number of hydrogen-bond acceptors (Lipinski definition) is 10. The Morgan fingerprint density at radius 1 is 1.02 bits per heavy atom. The van der Waals surface area contributed by atoms with E-state index in [1.807, 2.05) is 34.5 Å². The van der Waals surface area contributed by atoms with Crippen LogP contribution in [0.3, 0.4) is 0 Å². The van der Waals surface area contributed by atoms with E-state index in [-0.39, 0.29) is 12.6 Å². The fourth-order valence-corrected chi connectivity index (χ4v) is 5.70. The van der Waals surface area contributed by atoms with Crippen molar-refractivity contribution >= 4 is 28.6 Å². The molecule has 6 rings (SSSR count). The molecule has 1 aliphatic carbocycles. The van der Waals surface area contributed by atoms with Gasteiger partial charge in [0.1, 0.15) is 12.1 Å². The summed E-state index contributed by atoms with van der Waals surface area (Å²) in [4.78, 5) is 16.6. The number of aliphatic hydroxyl groups excluding tert-OH is 1. The smallest absolute Gasteiger partial charge is 0.232 e. The summed E-state index contributed by atoms with van der Waals surface area (Å²) in [5.41, 5.74) is 2.51. The first-order valence-corrected chi connectivity index (χ1v) is 13.8. The second kappa shape index (κ2) is 10.8. The van der Waals surface area contributed by atoms with E-state index in [2.05, 4.69) is 15.2 Å². The number of aromatic nitrogens is 6. The minimum atomic E-state index is 0.0274. The van der Waals surface area contributed by atoms with Gasteiger partial charge in [-0.05, 0) is 38.5 Å². The Bertz CT molecular complexity index is 1490. The first kappa shape index (κ1) is 26.2. The van der Waals surface area contributed by atoms with Gasteiger partial charge in [-0.2, -0.15) is 15.1 Å². The molecule has 0 radical (unpaired) electrons. The number of nitrogens with one attached hydrogen (secondary N) is 1. The first-order valence-electron chi connectivity index (χ1n) is 13.8. The van der Waals surface area contributed by atoms with Gasteiger partial charge in [0.15, 0.2) is 23.0 Å². The van der Waals surface area contributed by atoms with Crippen molar-refractivity contribution in [3.8, 4) is 22.9 Å². The van der Waals surface area contributed by atoms with Crippen molar-refractivity contribution in [3.05, 3.63) is 30.4 Å². The van der Waals surface area contributed by atoms with Gasteiger partial charge in [0.2, 0.25) is 11.7 Å². The Hall–Kier alpha value is -4.06. The summed E-state index contributed by atoms with van der Waals surface area (Å²) in [6.45, 7) is 3.78. The third kappa shape index (κ3) is 4.66. The number of aliphatic hydroxyl groups is 1. The van der Waals surface area contributed by atoms with Crippen LogP contribution in [0.15, 0.2) is 24.7 Å². The van der Waals surface area contributed by atoms with E-state index < -0.39 is 0 Å². The van der Waals surface area contributed by atoms with Crippen molar-refractivity contribution in [3.63, 3.8) is 0 Å². The van der Waals surface area contributed by atoms with Crippen LogP contribution in [0.1, 0.15) is 37.8 Å². The summed E-state index contributed by atoms with van der Waals surface area (Å²) < 4.78 is 20.4. The topological polar surface area (TPSA) is 125 Å². The molecule has 212 valence electrons. The van der Waals surface area contributed by atoms with Crippen LogP contribution in [0.2, 0.25) is 0 Å². The molecule has 2 N–H and O–H groups in total. The van der Waals surface area contributed by atoms with Gasteiger partial charge < -0.3 is 34.1 Å². The highest BCUT2D eigenvalue weighted by atomic mass is 16.5. The predicted octanol–water partition coefficient (Wildman–Crippen LogP) is 3.85. The predicted molar refractivity (Wildman–Crippen MR) is 151 cm³/mol. The number of rotatable bonds is 10. The Labute approximate surface area is 232 Å². The van der Waals surface area contributed by atoms with Crippen molar-refractivity contribution in [2.45, 2.75) is 51.6 Å². The van der Waals surface area contributed by atoms with Gasteiger partial charge in [0.05, 0.1) is 56.9 Å². The molecular weight excluding hydrogens is 512 g/mol. The van der Waals surface area contributed by atoms with E-state index in [1.165, 1.54) is 19.3 Å². The second-order valence-corrected chi connectivity index (χ2v) is 10.5. The molecular formula is C28H36N8O4. The zero-order chi connectivity index (χ0) is 27.8. The van der Waals surface area contributed by atoms with Gasteiger partial charge in [-0.15, -0.1) is 0 Å². The molecule has 1 atom stereocenters. The number of hydrogen-bond donors (Lipinski definition) is 2. The number of methoxy groups -OCH3 is 3. The minimum Gasteiger partial charge on any atom is -0.493 e. The number of ether oxygens (including phenoxy) is 3. The fraction of sp³-hybridized carbons (Fsp3) is 0.500. The van der Waals surface area contributed by atoms with Crippen LogP contribution in [-0.4, -0.2) is 74.9 Å². The van der Waals surface area contributed by atoms with Gasteiger partial charge >= 0.3 is 0 Å². The normalized spacial score (nSPS) is 17.3. The summed E-state index contributed by atoms with van der Waals surface area (Å²) >= 11 is 0. The largest absolute Gasteiger partial charge is 0.493 e. The number of aryl methyl sites for hydroxylation is 1. The van der Waals surface area contributed by atoms with Crippen LogP contribution in [0, 0.1) is 12.8 Å². The van der Waals surface area contributed by atoms with E-state index in [0.717, 1.165) is 54.2 Å². The Morgan fingerprint density at radius 2 is 1.80 bits per heavy atom. The van der Waals surface area contributed by atoms with E-state index in [0.29, 0.717) is 34.9 Å².